The number of carbonyl (C=O) groups is 2. The number of carbonyl (C=O) groups excluding carboxylic acids is 2. The monoisotopic (exact) mass is 367 g/mol. The first kappa shape index (κ1) is 21.3. The van der Waals surface area contributed by atoms with E-state index in [0.717, 1.165) is 11.8 Å². The van der Waals surface area contributed by atoms with Crippen LogP contribution in [-0.2, 0) is 0 Å². The molecule has 25 heavy (non-hydrogen) atoms. The first-order chi connectivity index (χ1) is 11.3. The first-order valence-corrected chi connectivity index (χ1v) is 6.88. The number of hydrogen-bond acceptors (Lipinski definition) is 6. The molecular formula is C16H14KN3O5. The average molecular weight is 367 g/mol. The van der Waals surface area contributed by atoms with Crippen molar-refractivity contribution in [2.45, 2.75) is 0 Å². The molecule has 0 bridgehead atoms. The van der Waals surface area contributed by atoms with Gasteiger partial charge in [-0.25, -0.2) is 0 Å². The van der Waals surface area contributed by atoms with Crippen molar-refractivity contribution in [2.75, 3.05) is 24.3 Å². The summed E-state index contributed by atoms with van der Waals surface area (Å²) in [5, 5.41) is 24.7. The zero-order valence-corrected chi connectivity index (χ0v) is 17.1. The van der Waals surface area contributed by atoms with E-state index in [-0.39, 0.29) is 56.9 Å². The number of nitro benzene ring substituents is 1. The van der Waals surface area contributed by atoms with Crippen LogP contribution < -0.4 is 66.7 Å². The zero-order valence-electron chi connectivity index (χ0n) is 14.0. The van der Waals surface area contributed by atoms with E-state index in [4.69, 9.17) is 0 Å². The van der Waals surface area contributed by atoms with Gasteiger partial charge in [0.15, 0.2) is 0 Å². The Morgan fingerprint density at radius 3 is 2.32 bits per heavy atom. The van der Waals surface area contributed by atoms with Gasteiger partial charge in [-0.3, -0.25) is 14.9 Å². The molecule has 0 aliphatic heterocycles. The largest absolute Gasteiger partial charge is 1.00 e. The minimum atomic E-state index is -1.78. The van der Waals surface area contributed by atoms with Gasteiger partial charge in [0.05, 0.1) is 22.0 Å². The summed E-state index contributed by atoms with van der Waals surface area (Å²) in [5.41, 5.74) is -0.512. The first-order valence-electron chi connectivity index (χ1n) is 6.88. The van der Waals surface area contributed by atoms with E-state index in [9.17, 15) is 24.8 Å². The predicted octanol–water partition coefficient (Wildman–Crippen LogP) is -1.72. The van der Waals surface area contributed by atoms with Crippen LogP contribution in [0.25, 0.3) is 0 Å². The van der Waals surface area contributed by atoms with Crippen LogP contribution in [-0.4, -0.2) is 30.9 Å². The Morgan fingerprint density at radius 1 is 1.12 bits per heavy atom. The maximum Gasteiger partial charge on any atom is 1.00 e. The molecule has 0 atom stereocenters. The second kappa shape index (κ2) is 9.06. The molecule has 0 radical (unpaired) electrons. The Kier molecular flexibility index (Phi) is 7.71. The number of carboxylic acids is 1. The standard InChI is InChI=1S/C16H15N3O5.K/c1-18(2)11-6-3-5-10(9-11)17-15(20)12-7-4-8-13(19(23)24)14(12)16(21)22;/h3-9H,1-2H3,(H,17,20)(H,21,22);/q;+1/p-1. The summed E-state index contributed by atoms with van der Waals surface area (Å²) in [6, 6.07) is 10.3. The fraction of sp³-hybridized carbons (Fsp3) is 0.125. The molecule has 0 unspecified atom stereocenters. The average Bonchev–Trinajstić information content (AvgIpc) is 2.54. The molecule has 0 aliphatic carbocycles. The molecule has 2 aromatic carbocycles. The number of anilines is 2. The normalized spacial score (nSPS) is 9.68. The second-order valence-corrected chi connectivity index (χ2v) is 5.14. The van der Waals surface area contributed by atoms with E-state index in [2.05, 4.69) is 5.32 Å². The molecular weight excluding hydrogens is 353 g/mol. The summed E-state index contributed by atoms with van der Waals surface area (Å²) in [6.45, 7) is 0. The molecule has 0 saturated heterocycles. The van der Waals surface area contributed by atoms with Crippen molar-refractivity contribution >= 4 is 28.9 Å². The van der Waals surface area contributed by atoms with Crippen molar-refractivity contribution < 1.29 is 71.0 Å². The van der Waals surface area contributed by atoms with Crippen LogP contribution in [0.3, 0.4) is 0 Å². The number of hydrogen-bond donors (Lipinski definition) is 1. The van der Waals surface area contributed by atoms with Crippen LogP contribution >= 0.6 is 0 Å². The molecule has 0 heterocycles. The molecule has 2 aromatic rings. The van der Waals surface area contributed by atoms with Gasteiger partial charge in [0, 0.05) is 31.5 Å². The molecule has 0 saturated carbocycles. The molecule has 1 N–H and O–H groups in total. The summed E-state index contributed by atoms with van der Waals surface area (Å²) >= 11 is 0. The Hall–Kier alpha value is -1.78. The Balaban J connectivity index is 0.00000312. The number of nitro groups is 1. The molecule has 0 fully saturated rings. The van der Waals surface area contributed by atoms with Gasteiger partial charge >= 0.3 is 51.4 Å². The number of nitrogens with one attached hydrogen (secondary N) is 1. The van der Waals surface area contributed by atoms with Gasteiger partial charge < -0.3 is 20.1 Å². The van der Waals surface area contributed by atoms with Gasteiger partial charge in [-0.2, -0.15) is 0 Å². The SMILES string of the molecule is CN(C)c1cccc(NC(=O)c2cccc([N+](=O)[O-])c2C(=O)[O-])c1.[K+]. The van der Waals surface area contributed by atoms with Crippen molar-refractivity contribution in [1.82, 2.24) is 0 Å². The van der Waals surface area contributed by atoms with Crippen LogP contribution in [0, 0.1) is 10.1 Å². The van der Waals surface area contributed by atoms with Crippen molar-refractivity contribution in [3.63, 3.8) is 0 Å². The molecule has 124 valence electrons. The minimum Gasteiger partial charge on any atom is -0.545 e. The summed E-state index contributed by atoms with van der Waals surface area (Å²) in [5.74, 6) is -2.55. The molecule has 8 nitrogen and oxygen atoms in total. The van der Waals surface area contributed by atoms with E-state index >= 15 is 0 Å². The van der Waals surface area contributed by atoms with Gasteiger partial charge in [-0.05, 0) is 24.3 Å². The van der Waals surface area contributed by atoms with Gasteiger partial charge in [0.2, 0.25) is 0 Å². The van der Waals surface area contributed by atoms with E-state index in [1.54, 1.807) is 18.2 Å². The Labute approximate surface area is 186 Å². The van der Waals surface area contributed by atoms with Crippen molar-refractivity contribution in [1.29, 1.82) is 0 Å². The summed E-state index contributed by atoms with van der Waals surface area (Å²) in [4.78, 5) is 35.5. The topological polar surface area (TPSA) is 116 Å². The van der Waals surface area contributed by atoms with Crippen LogP contribution in [0.1, 0.15) is 20.7 Å². The summed E-state index contributed by atoms with van der Waals surface area (Å²) in [6.07, 6.45) is 0. The minimum absolute atomic E-state index is 0. The van der Waals surface area contributed by atoms with Gasteiger partial charge in [-0.1, -0.05) is 12.1 Å². The van der Waals surface area contributed by atoms with Gasteiger partial charge in [0.1, 0.15) is 0 Å². The number of aromatic carboxylic acids is 1. The predicted molar refractivity (Wildman–Crippen MR) is 86.1 cm³/mol. The van der Waals surface area contributed by atoms with Crippen molar-refractivity contribution in [2.24, 2.45) is 0 Å². The number of amides is 1. The molecule has 2 rings (SSSR count). The van der Waals surface area contributed by atoms with Gasteiger partial charge in [0.25, 0.3) is 11.6 Å². The third kappa shape index (κ3) is 5.09. The zero-order chi connectivity index (χ0) is 17.9. The maximum absolute atomic E-state index is 12.4. The Morgan fingerprint density at radius 2 is 1.76 bits per heavy atom. The van der Waals surface area contributed by atoms with Gasteiger partial charge in [-0.15, -0.1) is 0 Å². The summed E-state index contributed by atoms with van der Waals surface area (Å²) in [7, 11) is 3.66. The second-order valence-electron chi connectivity index (χ2n) is 5.14. The van der Waals surface area contributed by atoms with E-state index in [1.165, 1.54) is 12.1 Å². The van der Waals surface area contributed by atoms with Crippen LogP contribution in [0.15, 0.2) is 42.5 Å². The van der Waals surface area contributed by atoms with Crippen molar-refractivity contribution in [3.05, 3.63) is 63.7 Å². The van der Waals surface area contributed by atoms with Crippen LogP contribution in [0.4, 0.5) is 17.1 Å². The fourth-order valence-electron chi connectivity index (χ4n) is 2.16. The van der Waals surface area contributed by atoms with Crippen LogP contribution in [0.5, 0.6) is 0 Å². The van der Waals surface area contributed by atoms with E-state index < -0.39 is 28.1 Å². The maximum atomic E-state index is 12.4. The summed E-state index contributed by atoms with van der Waals surface area (Å²) < 4.78 is 0. The van der Waals surface area contributed by atoms with E-state index in [0.29, 0.717) is 5.69 Å². The van der Waals surface area contributed by atoms with Crippen molar-refractivity contribution in [3.8, 4) is 0 Å². The third-order valence-electron chi connectivity index (χ3n) is 3.31. The number of rotatable bonds is 5. The fourth-order valence-corrected chi connectivity index (χ4v) is 2.16. The molecule has 0 aliphatic rings. The number of benzene rings is 2. The quantitative estimate of drug-likeness (QED) is 0.382. The molecule has 0 aromatic heterocycles. The van der Waals surface area contributed by atoms with E-state index in [1.807, 2.05) is 25.1 Å². The third-order valence-corrected chi connectivity index (χ3v) is 3.31. The molecule has 1 amide bonds. The number of carboxylic acid groups (broad SMARTS) is 1. The molecule has 9 heteroatoms. The van der Waals surface area contributed by atoms with Crippen LogP contribution in [0.2, 0.25) is 0 Å². The Bertz CT molecular complexity index is 823. The number of nitrogens with zero attached hydrogens (tertiary/aromatic N) is 2. The molecule has 0 spiro atoms. The smallest absolute Gasteiger partial charge is 0.545 e.